The summed E-state index contributed by atoms with van der Waals surface area (Å²) < 4.78 is 10.0. The van der Waals surface area contributed by atoms with Gasteiger partial charge in [-0.3, -0.25) is 20.0 Å². The highest BCUT2D eigenvalue weighted by Gasteiger charge is 2.17. The molecule has 0 saturated carbocycles. The molecule has 2 aromatic carbocycles. The van der Waals surface area contributed by atoms with Gasteiger partial charge in [0.2, 0.25) is 0 Å². The maximum Gasteiger partial charge on any atom is 0.356 e. The molecule has 2 N–H and O–H groups in total. The van der Waals surface area contributed by atoms with Gasteiger partial charge >= 0.3 is 5.97 Å². The first-order valence-corrected chi connectivity index (χ1v) is 8.38. The van der Waals surface area contributed by atoms with Crippen molar-refractivity contribution < 1.29 is 24.0 Å². The van der Waals surface area contributed by atoms with Crippen molar-refractivity contribution in [1.82, 2.24) is 10.2 Å². The first-order valence-electron chi connectivity index (χ1n) is 8.38. The number of carbonyl (C=O) groups excluding carboxylic acids is 2. The number of aromatic amines is 1. The minimum absolute atomic E-state index is 0.0876. The summed E-state index contributed by atoms with van der Waals surface area (Å²) in [4.78, 5) is 34.5. The Bertz CT molecular complexity index is 1050. The van der Waals surface area contributed by atoms with Crippen LogP contribution in [0.15, 0.2) is 54.6 Å². The molecule has 0 fully saturated rings. The van der Waals surface area contributed by atoms with Crippen LogP contribution in [-0.4, -0.2) is 40.7 Å². The summed E-state index contributed by atoms with van der Waals surface area (Å²) in [5.41, 5.74) is 1.34. The number of amides is 1. The fourth-order valence-electron chi connectivity index (χ4n) is 2.49. The van der Waals surface area contributed by atoms with E-state index in [-0.39, 0.29) is 22.8 Å². The number of esters is 1. The summed E-state index contributed by atoms with van der Waals surface area (Å²) in [7, 11) is 1.36. The molecule has 148 valence electrons. The smallest absolute Gasteiger partial charge is 0.356 e. The first kappa shape index (κ1) is 19.5. The second kappa shape index (κ2) is 8.65. The monoisotopic (exact) mass is 396 g/mol. The summed E-state index contributed by atoms with van der Waals surface area (Å²) in [6.45, 7) is -0.593. The van der Waals surface area contributed by atoms with Crippen LogP contribution in [0.2, 0.25) is 0 Å². The maximum atomic E-state index is 12.1. The van der Waals surface area contributed by atoms with Crippen LogP contribution in [0.5, 0.6) is 5.75 Å². The van der Waals surface area contributed by atoms with E-state index in [0.717, 1.165) is 11.6 Å². The Labute approximate surface area is 164 Å². The number of non-ortho nitro benzene ring substituents is 1. The molecule has 0 aliphatic rings. The van der Waals surface area contributed by atoms with Crippen molar-refractivity contribution in [1.29, 1.82) is 0 Å². The number of aromatic nitrogens is 2. The highest BCUT2D eigenvalue weighted by molar-refractivity contribution is 5.96. The van der Waals surface area contributed by atoms with Crippen molar-refractivity contribution in [3.8, 4) is 17.0 Å². The zero-order chi connectivity index (χ0) is 20.8. The molecule has 0 aliphatic carbocycles. The van der Waals surface area contributed by atoms with Crippen LogP contribution >= 0.6 is 0 Å². The molecule has 3 aromatic rings. The fourth-order valence-corrected chi connectivity index (χ4v) is 2.49. The SMILES string of the molecule is COc1ccc([N+](=O)[O-])cc1NC(=O)COC(=O)c1cc(-c2ccccc2)n[nH]1. The fraction of sp³-hybridized carbons (Fsp3) is 0.105. The Morgan fingerprint density at radius 3 is 2.62 bits per heavy atom. The number of hydrogen-bond acceptors (Lipinski definition) is 7. The van der Waals surface area contributed by atoms with Gasteiger partial charge in [-0.05, 0) is 12.1 Å². The predicted octanol–water partition coefficient (Wildman–Crippen LogP) is 2.79. The van der Waals surface area contributed by atoms with Gasteiger partial charge < -0.3 is 14.8 Å². The van der Waals surface area contributed by atoms with E-state index in [1.165, 1.54) is 25.3 Å². The lowest BCUT2D eigenvalue weighted by molar-refractivity contribution is -0.384. The quantitative estimate of drug-likeness (QED) is 0.356. The number of nitrogens with zero attached hydrogens (tertiary/aromatic N) is 2. The molecule has 0 saturated heterocycles. The molecule has 0 aliphatic heterocycles. The zero-order valence-corrected chi connectivity index (χ0v) is 15.2. The zero-order valence-electron chi connectivity index (χ0n) is 15.2. The van der Waals surface area contributed by atoms with Crippen LogP contribution in [0.1, 0.15) is 10.5 Å². The van der Waals surface area contributed by atoms with Crippen LogP contribution in [0.25, 0.3) is 11.3 Å². The van der Waals surface area contributed by atoms with Gasteiger partial charge in [-0.2, -0.15) is 5.10 Å². The minimum atomic E-state index is -0.763. The highest BCUT2D eigenvalue weighted by atomic mass is 16.6. The van der Waals surface area contributed by atoms with Crippen molar-refractivity contribution in [3.63, 3.8) is 0 Å². The number of H-pyrrole nitrogens is 1. The van der Waals surface area contributed by atoms with Crippen molar-refractivity contribution >= 4 is 23.3 Å². The number of hydrogen-bond donors (Lipinski definition) is 2. The van der Waals surface area contributed by atoms with E-state index in [9.17, 15) is 19.7 Å². The molecule has 0 spiro atoms. The van der Waals surface area contributed by atoms with Gasteiger partial charge in [0.05, 0.1) is 23.4 Å². The van der Waals surface area contributed by atoms with E-state index >= 15 is 0 Å². The molecule has 1 amide bonds. The molecule has 0 unspecified atom stereocenters. The maximum absolute atomic E-state index is 12.1. The van der Waals surface area contributed by atoms with Crippen molar-refractivity contribution in [2.24, 2.45) is 0 Å². The molecule has 3 rings (SSSR count). The van der Waals surface area contributed by atoms with Crippen molar-refractivity contribution in [2.45, 2.75) is 0 Å². The molecule has 10 nitrogen and oxygen atoms in total. The van der Waals surface area contributed by atoms with Crippen LogP contribution < -0.4 is 10.1 Å². The Kier molecular flexibility index (Phi) is 5.83. The summed E-state index contributed by atoms with van der Waals surface area (Å²) in [6.07, 6.45) is 0. The molecular formula is C19H16N4O6. The molecule has 0 atom stereocenters. The number of methoxy groups -OCH3 is 1. The van der Waals surface area contributed by atoms with Gasteiger partial charge in [0.15, 0.2) is 6.61 Å². The predicted molar refractivity (Wildman–Crippen MR) is 103 cm³/mol. The van der Waals surface area contributed by atoms with Gasteiger partial charge in [0.25, 0.3) is 11.6 Å². The van der Waals surface area contributed by atoms with Crippen LogP contribution in [0.4, 0.5) is 11.4 Å². The number of nitro groups is 1. The van der Waals surface area contributed by atoms with Crippen molar-refractivity contribution in [3.05, 3.63) is 70.4 Å². The van der Waals surface area contributed by atoms with E-state index in [1.54, 1.807) is 0 Å². The summed E-state index contributed by atoms with van der Waals surface area (Å²) in [6, 6.07) is 14.5. The largest absolute Gasteiger partial charge is 0.495 e. The number of nitrogens with one attached hydrogen (secondary N) is 2. The van der Waals surface area contributed by atoms with E-state index in [0.29, 0.717) is 5.69 Å². The van der Waals surface area contributed by atoms with Gasteiger partial charge in [0, 0.05) is 17.7 Å². The Morgan fingerprint density at radius 2 is 1.93 bits per heavy atom. The number of anilines is 1. The van der Waals surface area contributed by atoms with Gasteiger partial charge in [-0.15, -0.1) is 0 Å². The van der Waals surface area contributed by atoms with Gasteiger partial charge in [-0.25, -0.2) is 4.79 Å². The number of benzene rings is 2. The highest BCUT2D eigenvalue weighted by Crippen LogP contribution is 2.28. The third-order valence-corrected chi connectivity index (χ3v) is 3.87. The lowest BCUT2D eigenvalue weighted by Crippen LogP contribution is -2.21. The average Bonchev–Trinajstić information content (AvgIpc) is 3.23. The summed E-state index contributed by atoms with van der Waals surface area (Å²) >= 11 is 0. The average molecular weight is 396 g/mol. The second-order valence-electron chi connectivity index (χ2n) is 5.80. The van der Waals surface area contributed by atoms with E-state index in [1.807, 2.05) is 30.3 Å². The molecule has 29 heavy (non-hydrogen) atoms. The lowest BCUT2D eigenvalue weighted by Gasteiger charge is -2.10. The lowest BCUT2D eigenvalue weighted by atomic mass is 10.1. The summed E-state index contributed by atoms with van der Waals surface area (Å²) in [5, 5.41) is 19.9. The standard InChI is InChI=1S/C19H16N4O6/c1-28-17-8-7-13(23(26)27)9-15(17)20-18(24)11-29-19(25)16-10-14(21-22-16)12-5-3-2-4-6-12/h2-10H,11H2,1H3,(H,20,24)(H,21,22). The van der Waals surface area contributed by atoms with Gasteiger partial charge in [0.1, 0.15) is 11.4 Å². The molecular weight excluding hydrogens is 380 g/mol. The first-order chi connectivity index (χ1) is 14.0. The topological polar surface area (TPSA) is 136 Å². The van der Waals surface area contributed by atoms with Crippen LogP contribution in [0.3, 0.4) is 0 Å². The van der Waals surface area contributed by atoms with E-state index in [4.69, 9.17) is 9.47 Å². The second-order valence-corrected chi connectivity index (χ2v) is 5.80. The summed E-state index contributed by atoms with van der Waals surface area (Å²) in [5.74, 6) is -1.21. The van der Waals surface area contributed by atoms with Crippen molar-refractivity contribution in [2.75, 3.05) is 19.0 Å². The number of nitro benzene ring substituents is 1. The molecule has 0 bridgehead atoms. The van der Waals surface area contributed by atoms with Gasteiger partial charge in [-0.1, -0.05) is 30.3 Å². The van der Waals surface area contributed by atoms with E-state index in [2.05, 4.69) is 15.5 Å². The number of ether oxygens (including phenoxy) is 2. The normalized spacial score (nSPS) is 10.2. The Balaban J connectivity index is 1.61. The minimum Gasteiger partial charge on any atom is -0.495 e. The third kappa shape index (κ3) is 4.75. The molecule has 0 radical (unpaired) electrons. The van der Waals surface area contributed by atoms with Crippen LogP contribution in [0, 0.1) is 10.1 Å². The van der Waals surface area contributed by atoms with Crippen LogP contribution in [-0.2, 0) is 9.53 Å². The number of carbonyl (C=O) groups is 2. The molecule has 1 aromatic heterocycles. The Morgan fingerprint density at radius 1 is 1.17 bits per heavy atom. The molecule has 10 heteroatoms. The van der Waals surface area contributed by atoms with E-state index < -0.39 is 23.4 Å². The third-order valence-electron chi connectivity index (χ3n) is 3.87. The Hall–Kier alpha value is -4.21. The number of rotatable bonds is 7. The molecule has 1 heterocycles.